The lowest BCUT2D eigenvalue weighted by Crippen LogP contribution is -2.52. The summed E-state index contributed by atoms with van der Waals surface area (Å²) in [5.74, 6) is -1.01. The van der Waals surface area contributed by atoms with Gasteiger partial charge in [0.1, 0.15) is 24.4 Å². The number of methoxy groups -OCH3 is 1. The second-order valence-corrected chi connectivity index (χ2v) is 9.74. The Bertz CT molecular complexity index is 952. The lowest BCUT2D eigenvalue weighted by Gasteiger charge is -2.29. The van der Waals surface area contributed by atoms with Gasteiger partial charge in [0.25, 0.3) is 5.91 Å². The third kappa shape index (κ3) is 6.75. The number of rotatable bonds is 4. The number of likely N-dealkylation sites (tertiary alicyclic amines) is 1. The van der Waals surface area contributed by atoms with Gasteiger partial charge in [-0.1, -0.05) is 26.0 Å². The maximum Gasteiger partial charge on any atom is 0.255 e. The standard InChI is InChI=1S/C26H38N4O6/c1-17(2)23-26(34)29(3)14-15-36-21-10-6-5-9-19(21)24(32)27-20(11-12-22(31)28-23)25(33)30-13-7-8-18(30)16-35-4/h5-6,9-10,17-18,20,23H,7-8,11-16H2,1-4H3,(H,27,32)(H,28,31)/t18-,20-,23-/m0/s1. The molecule has 198 valence electrons. The number of carbonyl (C=O) groups excluding carboxylic acids is 4. The van der Waals surface area contributed by atoms with E-state index in [0.29, 0.717) is 24.5 Å². The first-order valence-electron chi connectivity index (χ1n) is 12.6. The van der Waals surface area contributed by atoms with E-state index in [0.717, 1.165) is 12.8 Å². The molecule has 10 nitrogen and oxygen atoms in total. The van der Waals surface area contributed by atoms with Crippen molar-refractivity contribution in [3.05, 3.63) is 29.8 Å². The molecule has 3 atom stereocenters. The van der Waals surface area contributed by atoms with Crippen LogP contribution in [-0.4, -0.2) is 92.0 Å². The predicted octanol–water partition coefficient (Wildman–Crippen LogP) is 1.19. The summed E-state index contributed by atoms with van der Waals surface area (Å²) in [7, 11) is 3.25. The highest BCUT2D eigenvalue weighted by Crippen LogP contribution is 2.22. The van der Waals surface area contributed by atoms with Crippen molar-refractivity contribution in [2.75, 3.05) is 40.5 Å². The smallest absolute Gasteiger partial charge is 0.255 e. The molecule has 3 rings (SSSR count). The van der Waals surface area contributed by atoms with E-state index in [2.05, 4.69) is 10.6 Å². The van der Waals surface area contributed by atoms with Crippen molar-refractivity contribution in [2.45, 2.75) is 57.7 Å². The van der Waals surface area contributed by atoms with Crippen molar-refractivity contribution in [2.24, 2.45) is 5.92 Å². The molecule has 1 saturated heterocycles. The molecule has 0 spiro atoms. The molecule has 0 unspecified atom stereocenters. The van der Waals surface area contributed by atoms with E-state index in [1.165, 1.54) is 4.90 Å². The number of nitrogens with one attached hydrogen (secondary N) is 2. The average molecular weight is 503 g/mol. The molecule has 4 amide bonds. The van der Waals surface area contributed by atoms with Gasteiger partial charge in [-0.15, -0.1) is 0 Å². The monoisotopic (exact) mass is 502 g/mol. The molecule has 1 fully saturated rings. The first-order valence-corrected chi connectivity index (χ1v) is 12.6. The van der Waals surface area contributed by atoms with Crippen molar-refractivity contribution in [1.82, 2.24) is 20.4 Å². The number of fused-ring (bicyclic) bond motifs is 1. The van der Waals surface area contributed by atoms with Crippen LogP contribution in [0.1, 0.15) is 49.9 Å². The second kappa shape index (κ2) is 12.7. The average Bonchev–Trinajstić information content (AvgIpc) is 3.32. The summed E-state index contributed by atoms with van der Waals surface area (Å²) in [6.07, 6.45) is 1.76. The zero-order chi connectivity index (χ0) is 26.2. The van der Waals surface area contributed by atoms with Gasteiger partial charge in [-0.25, -0.2) is 0 Å². The van der Waals surface area contributed by atoms with Gasteiger partial charge < -0.3 is 29.9 Å². The number of carbonyl (C=O) groups is 4. The minimum atomic E-state index is -0.908. The first-order chi connectivity index (χ1) is 17.2. The van der Waals surface area contributed by atoms with Gasteiger partial charge in [-0.3, -0.25) is 19.2 Å². The van der Waals surface area contributed by atoms with E-state index in [-0.39, 0.29) is 55.7 Å². The van der Waals surface area contributed by atoms with Gasteiger partial charge in [-0.05, 0) is 37.3 Å². The number of likely N-dealkylation sites (N-methyl/N-ethyl adjacent to an activating group) is 1. The molecule has 2 aliphatic heterocycles. The molecule has 0 radical (unpaired) electrons. The lowest BCUT2D eigenvalue weighted by atomic mass is 10.0. The Labute approximate surface area is 212 Å². The molecule has 1 aromatic carbocycles. The molecule has 0 aliphatic carbocycles. The Morgan fingerprint density at radius 3 is 2.61 bits per heavy atom. The molecule has 0 aromatic heterocycles. The Morgan fingerprint density at radius 2 is 1.89 bits per heavy atom. The summed E-state index contributed by atoms with van der Waals surface area (Å²) in [5, 5.41) is 5.67. The van der Waals surface area contributed by atoms with Gasteiger partial charge in [0.05, 0.1) is 24.8 Å². The van der Waals surface area contributed by atoms with Crippen LogP contribution in [0.2, 0.25) is 0 Å². The van der Waals surface area contributed by atoms with Gasteiger partial charge in [0.15, 0.2) is 0 Å². The van der Waals surface area contributed by atoms with Crippen LogP contribution in [-0.2, 0) is 19.1 Å². The fourth-order valence-corrected chi connectivity index (χ4v) is 4.64. The molecular formula is C26H38N4O6. The Morgan fingerprint density at radius 1 is 1.14 bits per heavy atom. The van der Waals surface area contributed by atoms with Crippen LogP contribution in [0.25, 0.3) is 0 Å². The van der Waals surface area contributed by atoms with Crippen molar-refractivity contribution in [3.63, 3.8) is 0 Å². The van der Waals surface area contributed by atoms with Crippen molar-refractivity contribution in [3.8, 4) is 5.75 Å². The highest BCUT2D eigenvalue weighted by Gasteiger charge is 2.35. The minimum absolute atomic E-state index is 0.0160. The number of ether oxygens (including phenoxy) is 2. The largest absolute Gasteiger partial charge is 0.491 e. The highest BCUT2D eigenvalue weighted by atomic mass is 16.5. The third-order valence-electron chi connectivity index (χ3n) is 6.72. The Hall–Kier alpha value is -3.14. The van der Waals surface area contributed by atoms with E-state index < -0.39 is 18.0 Å². The number of hydrogen-bond donors (Lipinski definition) is 2. The molecule has 1 aromatic rings. The van der Waals surface area contributed by atoms with E-state index in [1.54, 1.807) is 43.3 Å². The Kier molecular flexibility index (Phi) is 9.69. The van der Waals surface area contributed by atoms with Crippen molar-refractivity contribution >= 4 is 23.6 Å². The van der Waals surface area contributed by atoms with Gasteiger partial charge in [-0.2, -0.15) is 0 Å². The number of nitrogens with zero attached hydrogens (tertiary/aromatic N) is 2. The lowest BCUT2D eigenvalue weighted by molar-refractivity contribution is -0.137. The second-order valence-electron chi connectivity index (χ2n) is 9.74. The zero-order valence-corrected chi connectivity index (χ0v) is 21.6. The van der Waals surface area contributed by atoms with Crippen LogP contribution in [0, 0.1) is 5.92 Å². The number of benzene rings is 1. The van der Waals surface area contributed by atoms with Crippen LogP contribution < -0.4 is 15.4 Å². The highest BCUT2D eigenvalue weighted by molar-refractivity contribution is 6.00. The molecule has 0 saturated carbocycles. The third-order valence-corrected chi connectivity index (χ3v) is 6.72. The molecule has 2 N–H and O–H groups in total. The van der Waals surface area contributed by atoms with Gasteiger partial charge in [0.2, 0.25) is 17.7 Å². The van der Waals surface area contributed by atoms with Crippen LogP contribution >= 0.6 is 0 Å². The molecule has 0 bridgehead atoms. The zero-order valence-electron chi connectivity index (χ0n) is 21.6. The summed E-state index contributed by atoms with van der Waals surface area (Å²) in [6, 6.07) is 5.11. The summed E-state index contributed by atoms with van der Waals surface area (Å²) < 4.78 is 11.1. The molecule has 10 heteroatoms. The maximum atomic E-state index is 13.5. The van der Waals surface area contributed by atoms with Crippen LogP contribution in [0.5, 0.6) is 5.75 Å². The summed E-state index contributed by atoms with van der Waals surface area (Å²) in [6.45, 7) is 5.17. The van der Waals surface area contributed by atoms with E-state index in [9.17, 15) is 19.2 Å². The van der Waals surface area contributed by atoms with E-state index in [1.807, 2.05) is 13.8 Å². The number of hydrogen-bond acceptors (Lipinski definition) is 6. The van der Waals surface area contributed by atoms with Crippen LogP contribution in [0.4, 0.5) is 0 Å². The van der Waals surface area contributed by atoms with Gasteiger partial charge >= 0.3 is 0 Å². The molecule has 2 heterocycles. The Balaban J connectivity index is 1.90. The fourth-order valence-electron chi connectivity index (χ4n) is 4.64. The molecular weight excluding hydrogens is 464 g/mol. The fraction of sp³-hybridized carbons (Fsp3) is 0.615. The SMILES string of the molecule is COC[C@@H]1CCCN1C(=O)[C@@H]1CCC(=O)N[C@@H](C(C)C)C(=O)N(C)CCOc2ccccc2C(=O)N1. The topological polar surface area (TPSA) is 117 Å². The van der Waals surface area contributed by atoms with Crippen LogP contribution in [0.3, 0.4) is 0 Å². The van der Waals surface area contributed by atoms with E-state index in [4.69, 9.17) is 9.47 Å². The van der Waals surface area contributed by atoms with Gasteiger partial charge in [0, 0.05) is 27.1 Å². The van der Waals surface area contributed by atoms with E-state index >= 15 is 0 Å². The number of para-hydroxylation sites is 1. The minimum Gasteiger partial charge on any atom is -0.491 e. The van der Waals surface area contributed by atoms with Crippen molar-refractivity contribution < 1.29 is 28.7 Å². The number of amides is 4. The van der Waals surface area contributed by atoms with Crippen molar-refractivity contribution in [1.29, 1.82) is 0 Å². The van der Waals surface area contributed by atoms with Crippen LogP contribution in [0.15, 0.2) is 24.3 Å². The molecule has 36 heavy (non-hydrogen) atoms. The summed E-state index contributed by atoms with van der Waals surface area (Å²) in [4.78, 5) is 56.0. The first kappa shape index (κ1) is 27.4. The maximum absolute atomic E-state index is 13.5. The summed E-state index contributed by atoms with van der Waals surface area (Å²) in [5.41, 5.74) is 0.290. The molecule has 2 aliphatic rings. The quantitative estimate of drug-likeness (QED) is 0.639. The summed E-state index contributed by atoms with van der Waals surface area (Å²) >= 11 is 0. The normalized spacial score (nSPS) is 24.4. The predicted molar refractivity (Wildman–Crippen MR) is 133 cm³/mol.